The topological polar surface area (TPSA) is 59.1 Å². The van der Waals surface area contributed by atoms with Gasteiger partial charge in [-0.2, -0.15) is 0 Å². The van der Waals surface area contributed by atoms with Crippen LogP contribution in [-0.4, -0.2) is 62.0 Å². The Hall–Kier alpha value is -3.80. The van der Waals surface area contributed by atoms with Crippen molar-refractivity contribution in [1.29, 1.82) is 0 Å². The Balaban J connectivity index is 1.71. The SMILES string of the molecule is COc1cccc(C(=O)N2CCN(C)C(=O)[C@@H]2Cc2ccccc2-c2ccccc2)c1OC. The predicted molar refractivity (Wildman–Crippen MR) is 128 cm³/mol. The van der Waals surface area contributed by atoms with Crippen LogP contribution in [-0.2, 0) is 11.2 Å². The fraction of sp³-hybridized carbons (Fsp3) is 0.259. The molecule has 1 fully saturated rings. The molecule has 0 aliphatic carbocycles. The van der Waals surface area contributed by atoms with Crippen LogP contribution in [0.4, 0.5) is 0 Å². The molecule has 4 rings (SSSR count). The van der Waals surface area contributed by atoms with Crippen LogP contribution < -0.4 is 9.47 Å². The molecule has 3 aromatic rings. The molecular weight excluding hydrogens is 416 g/mol. The number of para-hydroxylation sites is 1. The summed E-state index contributed by atoms with van der Waals surface area (Å²) in [7, 11) is 4.83. The van der Waals surface area contributed by atoms with Gasteiger partial charge < -0.3 is 19.3 Å². The van der Waals surface area contributed by atoms with Gasteiger partial charge in [-0.15, -0.1) is 0 Å². The van der Waals surface area contributed by atoms with Gasteiger partial charge in [-0.3, -0.25) is 9.59 Å². The molecule has 0 saturated carbocycles. The Morgan fingerprint density at radius 3 is 2.36 bits per heavy atom. The molecule has 0 aromatic heterocycles. The lowest BCUT2D eigenvalue weighted by atomic mass is 9.93. The van der Waals surface area contributed by atoms with E-state index in [1.807, 2.05) is 36.4 Å². The molecule has 3 aromatic carbocycles. The normalized spacial score (nSPS) is 16.0. The number of amides is 2. The van der Waals surface area contributed by atoms with Crippen molar-refractivity contribution >= 4 is 11.8 Å². The molecule has 0 bridgehead atoms. The second-order valence-corrected chi connectivity index (χ2v) is 8.04. The highest BCUT2D eigenvalue weighted by atomic mass is 16.5. The van der Waals surface area contributed by atoms with Crippen molar-refractivity contribution in [3.63, 3.8) is 0 Å². The Morgan fingerprint density at radius 1 is 0.909 bits per heavy atom. The first-order chi connectivity index (χ1) is 16.0. The van der Waals surface area contributed by atoms with Crippen LogP contribution in [0.3, 0.4) is 0 Å². The van der Waals surface area contributed by atoms with E-state index in [-0.39, 0.29) is 11.8 Å². The van der Waals surface area contributed by atoms with E-state index in [1.165, 1.54) is 14.2 Å². The van der Waals surface area contributed by atoms with E-state index >= 15 is 0 Å². The minimum atomic E-state index is -0.614. The third kappa shape index (κ3) is 4.42. The maximum absolute atomic E-state index is 13.7. The largest absolute Gasteiger partial charge is 0.493 e. The Morgan fingerprint density at radius 2 is 1.64 bits per heavy atom. The Bertz CT molecular complexity index is 1150. The quantitative estimate of drug-likeness (QED) is 0.579. The molecule has 1 saturated heterocycles. The number of benzene rings is 3. The lowest BCUT2D eigenvalue weighted by Crippen LogP contribution is -2.58. The second-order valence-electron chi connectivity index (χ2n) is 8.04. The number of ether oxygens (including phenoxy) is 2. The molecule has 0 unspecified atom stereocenters. The van der Waals surface area contributed by atoms with Gasteiger partial charge in [0.1, 0.15) is 6.04 Å². The molecule has 1 aliphatic rings. The lowest BCUT2D eigenvalue weighted by molar-refractivity contribution is -0.138. The van der Waals surface area contributed by atoms with Crippen molar-refractivity contribution in [1.82, 2.24) is 9.80 Å². The molecule has 170 valence electrons. The molecule has 1 atom stereocenters. The summed E-state index contributed by atoms with van der Waals surface area (Å²) in [4.78, 5) is 30.3. The van der Waals surface area contributed by atoms with Gasteiger partial charge in [0.2, 0.25) is 5.91 Å². The van der Waals surface area contributed by atoms with Gasteiger partial charge in [0, 0.05) is 26.6 Å². The van der Waals surface area contributed by atoms with Crippen LogP contribution in [0, 0.1) is 0 Å². The van der Waals surface area contributed by atoms with E-state index in [4.69, 9.17) is 9.47 Å². The summed E-state index contributed by atoms with van der Waals surface area (Å²) < 4.78 is 10.9. The van der Waals surface area contributed by atoms with Gasteiger partial charge in [0.15, 0.2) is 11.5 Å². The summed E-state index contributed by atoms with van der Waals surface area (Å²) in [6.45, 7) is 0.924. The first kappa shape index (κ1) is 22.4. The predicted octanol–water partition coefficient (Wildman–Crippen LogP) is 3.90. The number of hydrogen-bond acceptors (Lipinski definition) is 4. The van der Waals surface area contributed by atoms with Crippen LogP contribution >= 0.6 is 0 Å². The number of methoxy groups -OCH3 is 2. The smallest absolute Gasteiger partial charge is 0.258 e. The second kappa shape index (κ2) is 9.77. The molecular formula is C27H28N2O4. The number of likely N-dealkylation sites (N-methyl/N-ethyl adjacent to an activating group) is 1. The van der Waals surface area contributed by atoms with Crippen LogP contribution in [0.15, 0.2) is 72.8 Å². The minimum absolute atomic E-state index is 0.0701. The summed E-state index contributed by atoms with van der Waals surface area (Å²) in [6.07, 6.45) is 0.423. The maximum atomic E-state index is 13.7. The molecule has 2 amide bonds. The van der Waals surface area contributed by atoms with Crippen molar-refractivity contribution in [2.45, 2.75) is 12.5 Å². The molecule has 0 spiro atoms. The van der Waals surface area contributed by atoms with Crippen LogP contribution in [0.25, 0.3) is 11.1 Å². The molecule has 6 heteroatoms. The maximum Gasteiger partial charge on any atom is 0.258 e. The first-order valence-corrected chi connectivity index (χ1v) is 11.0. The Kier molecular flexibility index (Phi) is 6.63. The molecule has 0 N–H and O–H groups in total. The summed E-state index contributed by atoms with van der Waals surface area (Å²) in [6, 6.07) is 22.7. The van der Waals surface area contributed by atoms with E-state index in [0.29, 0.717) is 36.6 Å². The number of carbonyl (C=O) groups excluding carboxylic acids is 2. The standard InChI is InChI=1S/C27H28N2O4/c1-28-16-17-29(26(30)22-14-9-15-24(32-2)25(22)33-3)23(27(28)31)18-20-12-7-8-13-21(20)19-10-5-4-6-11-19/h4-15,23H,16-18H2,1-3H3/t23-/m0/s1. The van der Waals surface area contributed by atoms with Gasteiger partial charge in [-0.05, 0) is 28.8 Å². The molecule has 0 radical (unpaired) electrons. The highest BCUT2D eigenvalue weighted by molar-refractivity contribution is 6.01. The highest BCUT2D eigenvalue weighted by Gasteiger charge is 2.37. The van der Waals surface area contributed by atoms with Crippen molar-refractivity contribution < 1.29 is 19.1 Å². The first-order valence-electron chi connectivity index (χ1n) is 11.0. The van der Waals surface area contributed by atoms with E-state index in [9.17, 15) is 9.59 Å². The minimum Gasteiger partial charge on any atom is -0.493 e. The lowest BCUT2D eigenvalue weighted by Gasteiger charge is -2.39. The summed E-state index contributed by atoms with van der Waals surface area (Å²) in [5, 5.41) is 0. The van der Waals surface area contributed by atoms with Gasteiger partial charge >= 0.3 is 0 Å². The van der Waals surface area contributed by atoms with Crippen LogP contribution in [0.1, 0.15) is 15.9 Å². The molecule has 1 heterocycles. The average molecular weight is 445 g/mol. The highest BCUT2D eigenvalue weighted by Crippen LogP contribution is 2.33. The number of piperazine rings is 1. The van der Waals surface area contributed by atoms with E-state index in [2.05, 4.69) is 18.2 Å². The fourth-order valence-corrected chi connectivity index (χ4v) is 4.37. The van der Waals surface area contributed by atoms with Crippen molar-refractivity contribution in [3.05, 3.63) is 83.9 Å². The zero-order valence-corrected chi connectivity index (χ0v) is 19.2. The van der Waals surface area contributed by atoms with Gasteiger partial charge in [0.05, 0.1) is 19.8 Å². The fourth-order valence-electron chi connectivity index (χ4n) is 4.37. The van der Waals surface area contributed by atoms with Crippen molar-refractivity contribution in [2.24, 2.45) is 0 Å². The summed E-state index contributed by atoms with van der Waals surface area (Å²) >= 11 is 0. The number of carbonyl (C=O) groups is 2. The van der Waals surface area contributed by atoms with Gasteiger partial charge in [-0.1, -0.05) is 60.7 Å². The van der Waals surface area contributed by atoms with E-state index < -0.39 is 6.04 Å². The molecule has 33 heavy (non-hydrogen) atoms. The summed E-state index contributed by atoms with van der Waals surface area (Å²) in [5.41, 5.74) is 3.55. The van der Waals surface area contributed by atoms with E-state index in [0.717, 1.165) is 16.7 Å². The average Bonchev–Trinajstić information content (AvgIpc) is 2.86. The monoisotopic (exact) mass is 444 g/mol. The van der Waals surface area contributed by atoms with E-state index in [1.54, 1.807) is 35.0 Å². The van der Waals surface area contributed by atoms with Gasteiger partial charge in [0.25, 0.3) is 5.91 Å². The number of rotatable bonds is 6. The van der Waals surface area contributed by atoms with Crippen LogP contribution in [0.5, 0.6) is 11.5 Å². The zero-order chi connectivity index (χ0) is 23.4. The molecule has 6 nitrogen and oxygen atoms in total. The number of nitrogens with zero attached hydrogens (tertiary/aromatic N) is 2. The summed E-state index contributed by atoms with van der Waals surface area (Å²) in [5.74, 6) is 0.545. The number of hydrogen-bond donors (Lipinski definition) is 0. The molecule has 1 aliphatic heterocycles. The van der Waals surface area contributed by atoms with Crippen LogP contribution in [0.2, 0.25) is 0 Å². The third-order valence-electron chi connectivity index (χ3n) is 6.12. The zero-order valence-electron chi connectivity index (χ0n) is 19.2. The Labute approximate surface area is 194 Å². The third-order valence-corrected chi connectivity index (χ3v) is 6.12. The van der Waals surface area contributed by atoms with Gasteiger partial charge in [-0.25, -0.2) is 0 Å². The van der Waals surface area contributed by atoms with Crippen molar-refractivity contribution in [3.8, 4) is 22.6 Å². The van der Waals surface area contributed by atoms with Crippen molar-refractivity contribution in [2.75, 3.05) is 34.4 Å².